The Morgan fingerprint density at radius 2 is 2.00 bits per heavy atom. The number of hydrogen-bond donors (Lipinski definition) is 1. The molecule has 2 aromatic rings. The van der Waals surface area contributed by atoms with E-state index in [1.807, 2.05) is 25.7 Å². The van der Waals surface area contributed by atoms with Gasteiger partial charge in [0.15, 0.2) is 0 Å². The Bertz CT molecular complexity index is 922. The number of nitrogens with two attached hydrogens (primary N) is 1. The molecule has 1 atom stereocenters. The first-order valence-electron chi connectivity index (χ1n) is 9.57. The molecule has 0 aromatic carbocycles. The summed E-state index contributed by atoms with van der Waals surface area (Å²) in [5.41, 5.74) is 6.39. The molecule has 0 aliphatic carbocycles. The van der Waals surface area contributed by atoms with Crippen molar-refractivity contribution < 1.29 is 4.79 Å². The monoisotopic (exact) mass is 400 g/mol. The number of anilines is 1. The Morgan fingerprint density at radius 3 is 2.59 bits per heavy atom. The van der Waals surface area contributed by atoms with Gasteiger partial charge in [-0.25, -0.2) is 19.7 Å². The highest BCUT2D eigenvalue weighted by Crippen LogP contribution is 2.20. The van der Waals surface area contributed by atoms with Gasteiger partial charge in [0.05, 0.1) is 11.4 Å². The van der Waals surface area contributed by atoms with Crippen LogP contribution in [0.15, 0.2) is 34.4 Å². The normalized spacial score (nSPS) is 16.9. The molecule has 1 unspecified atom stereocenters. The SMILES string of the molecule is C/C(N)=N/C(=O)N1CCN(c2nc(-c3ccncn3)cc(=O)n2C)C(C)C1.CC. The van der Waals surface area contributed by atoms with Gasteiger partial charge in [-0.05, 0) is 19.9 Å². The van der Waals surface area contributed by atoms with Gasteiger partial charge in [0.1, 0.15) is 12.2 Å². The van der Waals surface area contributed by atoms with Crippen molar-refractivity contribution in [2.45, 2.75) is 33.7 Å². The van der Waals surface area contributed by atoms with Crippen LogP contribution >= 0.6 is 0 Å². The summed E-state index contributed by atoms with van der Waals surface area (Å²) < 4.78 is 1.50. The van der Waals surface area contributed by atoms with Crippen molar-refractivity contribution in [3.05, 3.63) is 35.0 Å². The highest BCUT2D eigenvalue weighted by molar-refractivity contribution is 5.91. The maximum absolute atomic E-state index is 12.4. The van der Waals surface area contributed by atoms with E-state index in [1.165, 1.54) is 17.0 Å². The van der Waals surface area contributed by atoms with Crippen molar-refractivity contribution in [2.75, 3.05) is 24.5 Å². The molecule has 10 nitrogen and oxygen atoms in total. The van der Waals surface area contributed by atoms with Crippen molar-refractivity contribution in [1.82, 2.24) is 24.4 Å². The molecule has 1 saturated heterocycles. The molecule has 0 saturated carbocycles. The third-order valence-electron chi connectivity index (χ3n) is 4.38. The van der Waals surface area contributed by atoms with Gasteiger partial charge in [-0.2, -0.15) is 4.99 Å². The highest BCUT2D eigenvalue weighted by atomic mass is 16.2. The third kappa shape index (κ3) is 5.15. The molecule has 2 N–H and O–H groups in total. The topological polar surface area (TPSA) is 123 Å². The number of aromatic nitrogens is 4. The van der Waals surface area contributed by atoms with Gasteiger partial charge in [-0.15, -0.1) is 0 Å². The third-order valence-corrected chi connectivity index (χ3v) is 4.38. The van der Waals surface area contributed by atoms with E-state index in [0.717, 1.165) is 0 Å². The summed E-state index contributed by atoms with van der Waals surface area (Å²) in [6.45, 7) is 9.01. The summed E-state index contributed by atoms with van der Waals surface area (Å²) in [6, 6.07) is 2.76. The number of urea groups is 1. The van der Waals surface area contributed by atoms with Crippen LogP contribution in [-0.2, 0) is 7.05 Å². The molecular weight excluding hydrogens is 372 g/mol. The van der Waals surface area contributed by atoms with Gasteiger partial charge in [0.25, 0.3) is 5.56 Å². The van der Waals surface area contributed by atoms with Crippen molar-refractivity contribution in [1.29, 1.82) is 0 Å². The minimum absolute atomic E-state index is 0.0465. The van der Waals surface area contributed by atoms with E-state index < -0.39 is 0 Å². The molecule has 3 rings (SSSR count). The number of amidine groups is 1. The number of piperazine rings is 1. The minimum Gasteiger partial charge on any atom is -0.387 e. The Labute approximate surface area is 170 Å². The molecule has 0 bridgehead atoms. The van der Waals surface area contributed by atoms with Gasteiger partial charge in [-0.1, -0.05) is 13.8 Å². The van der Waals surface area contributed by atoms with Crippen molar-refractivity contribution in [2.24, 2.45) is 17.8 Å². The van der Waals surface area contributed by atoms with Crippen LogP contribution < -0.4 is 16.2 Å². The van der Waals surface area contributed by atoms with E-state index in [0.29, 0.717) is 37.0 Å². The Balaban J connectivity index is 0.00000145. The van der Waals surface area contributed by atoms with E-state index in [9.17, 15) is 9.59 Å². The molecule has 2 amide bonds. The number of nitrogens with zero attached hydrogens (tertiary/aromatic N) is 7. The predicted molar refractivity (Wildman–Crippen MR) is 113 cm³/mol. The molecule has 1 aliphatic rings. The molecular formula is C19H28N8O2. The summed E-state index contributed by atoms with van der Waals surface area (Å²) in [4.78, 5) is 44.7. The van der Waals surface area contributed by atoms with E-state index in [-0.39, 0.29) is 23.5 Å². The second-order valence-electron chi connectivity index (χ2n) is 6.46. The maximum atomic E-state index is 12.4. The van der Waals surface area contributed by atoms with Crippen molar-refractivity contribution in [3.8, 4) is 11.4 Å². The zero-order chi connectivity index (χ0) is 21.6. The zero-order valence-electron chi connectivity index (χ0n) is 17.5. The molecule has 0 spiro atoms. The van der Waals surface area contributed by atoms with Crippen LogP contribution in [0, 0.1) is 0 Å². The van der Waals surface area contributed by atoms with E-state index in [2.05, 4.69) is 19.9 Å². The number of rotatable bonds is 2. The Morgan fingerprint density at radius 1 is 1.28 bits per heavy atom. The molecule has 3 heterocycles. The maximum Gasteiger partial charge on any atom is 0.345 e. The smallest absolute Gasteiger partial charge is 0.345 e. The van der Waals surface area contributed by atoms with E-state index in [1.54, 1.807) is 31.1 Å². The molecule has 29 heavy (non-hydrogen) atoms. The van der Waals surface area contributed by atoms with Crippen molar-refractivity contribution >= 4 is 17.8 Å². The first kappa shape index (κ1) is 22.0. The lowest BCUT2D eigenvalue weighted by Gasteiger charge is -2.40. The second kappa shape index (κ2) is 9.76. The number of aliphatic imine (C=N–C) groups is 1. The first-order valence-corrected chi connectivity index (χ1v) is 9.57. The lowest BCUT2D eigenvalue weighted by molar-refractivity contribution is 0.196. The summed E-state index contributed by atoms with van der Waals surface area (Å²) in [5.74, 6) is 0.769. The van der Waals surface area contributed by atoms with Crippen LogP contribution in [0.5, 0.6) is 0 Å². The molecule has 0 radical (unpaired) electrons. The Hall–Kier alpha value is -3.30. The summed E-state index contributed by atoms with van der Waals surface area (Å²) in [6.07, 6.45) is 3.02. The van der Waals surface area contributed by atoms with E-state index in [4.69, 9.17) is 5.73 Å². The average Bonchev–Trinajstić information content (AvgIpc) is 2.72. The lowest BCUT2D eigenvalue weighted by atomic mass is 10.2. The summed E-state index contributed by atoms with van der Waals surface area (Å²) in [7, 11) is 1.68. The summed E-state index contributed by atoms with van der Waals surface area (Å²) >= 11 is 0. The van der Waals surface area contributed by atoms with Crippen LogP contribution in [0.2, 0.25) is 0 Å². The Kier molecular flexibility index (Phi) is 7.40. The van der Waals surface area contributed by atoms with Gasteiger partial charge in [0.2, 0.25) is 5.95 Å². The standard InChI is InChI=1S/C17H22N8O2.C2H6/c1-11-9-24(17(27)21-12(2)18)6-7-25(11)16-22-14(8-15(26)23(16)3)13-4-5-19-10-20-13;1-2/h4-5,8,10-11H,6-7,9H2,1-3H3,(H2,18,21,27);1-2H3. The van der Waals surface area contributed by atoms with Gasteiger partial charge in [-0.3, -0.25) is 9.36 Å². The van der Waals surface area contributed by atoms with Crippen LogP contribution in [-0.4, -0.2) is 62.0 Å². The molecule has 1 aliphatic heterocycles. The van der Waals surface area contributed by atoms with Crippen LogP contribution in [0.4, 0.5) is 10.7 Å². The second-order valence-corrected chi connectivity index (χ2v) is 6.46. The van der Waals surface area contributed by atoms with Crippen molar-refractivity contribution in [3.63, 3.8) is 0 Å². The number of carbonyl (C=O) groups is 1. The molecule has 1 fully saturated rings. The minimum atomic E-state index is -0.349. The first-order chi connectivity index (χ1) is 13.9. The quantitative estimate of drug-likeness (QED) is 0.595. The molecule has 10 heteroatoms. The fourth-order valence-electron chi connectivity index (χ4n) is 3.01. The fourth-order valence-corrected chi connectivity index (χ4v) is 3.01. The largest absolute Gasteiger partial charge is 0.387 e. The zero-order valence-corrected chi connectivity index (χ0v) is 17.5. The lowest BCUT2D eigenvalue weighted by Crippen LogP contribution is -2.54. The summed E-state index contributed by atoms with van der Waals surface area (Å²) in [5, 5.41) is 0. The van der Waals surface area contributed by atoms with Gasteiger partial charge in [0, 0.05) is 45.0 Å². The van der Waals surface area contributed by atoms with Crippen LogP contribution in [0.1, 0.15) is 27.7 Å². The van der Waals surface area contributed by atoms with Crippen LogP contribution in [0.3, 0.4) is 0 Å². The molecule has 156 valence electrons. The highest BCUT2D eigenvalue weighted by Gasteiger charge is 2.29. The number of amides is 2. The predicted octanol–water partition coefficient (Wildman–Crippen LogP) is 1.27. The van der Waals surface area contributed by atoms with E-state index >= 15 is 0 Å². The molecule has 2 aromatic heterocycles. The number of carbonyl (C=O) groups excluding carboxylic acids is 1. The average molecular weight is 400 g/mol. The number of hydrogen-bond acceptors (Lipinski definition) is 6. The fraction of sp³-hybridized carbons (Fsp3) is 0.474. The van der Waals surface area contributed by atoms with Gasteiger partial charge < -0.3 is 15.5 Å². The van der Waals surface area contributed by atoms with Crippen LogP contribution in [0.25, 0.3) is 11.4 Å². The van der Waals surface area contributed by atoms with Gasteiger partial charge >= 0.3 is 6.03 Å².